The molecule has 1 aromatic carbocycles. The summed E-state index contributed by atoms with van der Waals surface area (Å²) in [6.07, 6.45) is 5.42. The molecule has 0 radical (unpaired) electrons. The van der Waals surface area contributed by atoms with Crippen LogP contribution in [0.5, 0.6) is 0 Å². The zero-order chi connectivity index (χ0) is 17.6. The molecule has 1 aliphatic rings. The monoisotopic (exact) mass is 338 g/mol. The number of carbonyl (C=O) groups is 1. The molecule has 1 aromatic heterocycles. The van der Waals surface area contributed by atoms with Crippen molar-refractivity contribution in [3.05, 3.63) is 65.5 Å². The fourth-order valence-electron chi connectivity index (χ4n) is 3.40. The summed E-state index contributed by atoms with van der Waals surface area (Å²) in [7, 11) is 0. The highest BCUT2D eigenvalue weighted by atomic mass is 16.5. The lowest BCUT2D eigenvalue weighted by molar-refractivity contribution is -0.145. The van der Waals surface area contributed by atoms with E-state index < -0.39 is 0 Å². The van der Waals surface area contributed by atoms with E-state index in [4.69, 9.17) is 4.74 Å². The first kappa shape index (κ1) is 17.6. The summed E-state index contributed by atoms with van der Waals surface area (Å²) >= 11 is 0. The summed E-state index contributed by atoms with van der Waals surface area (Å²) in [4.78, 5) is 19.4. The lowest BCUT2D eigenvalue weighted by Gasteiger charge is -2.33. The van der Waals surface area contributed by atoms with E-state index in [0.717, 1.165) is 25.0 Å². The van der Waals surface area contributed by atoms with Crippen molar-refractivity contribution in [2.24, 2.45) is 5.92 Å². The van der Waals surface area contributed by atoms with Gasteiger partial charge in [-0.1, -0.05) is 30.3 Å². The van der Waals surface area contributed by atoms with Crippen molar-refractivity contribution in [2.45, 2.75) is 45.9 Å². The van der Waals surface area contributed by atoms with Crippen LogP contribution in [0.15, 0.2) is 48.8 Å². The van der Waals surface area contributed by atoms with Gasteiger partial charge in [-0.05, 0) is 49.4 Å². The summed E-state index contributed by atoms with van der Waals surface area (Å²) in [5.41, 5.74) is 3.44. The molecule has 132 valence electrons. The van der Waals surface area contributed by atoms with Crippen LogP contribution in [0.1, 0.15) is 36.5 Å². The molecule has 1 amide bonds. The van der Waals surface area contributed by atoms with E-state index in [1.165, 1.54) is 11.1 Å². The van der Waals surface area contributed by atoms with Crippen LogP contribution in [0.4, 0.5) is 0 Å². The molecule has 2 heterocycles. The first-order chi connectivity index (χ1) is 12.1. The summed E-state index contributed by atoms with van der Waals surface area (Å²) in [5, 5.41) is 0. The molecule has 2 unspecified atom stereocenters. The van der Waals surface area contributed by atoms with Crippen molar-refractivity contribution in [3.63, 3.8) is 0 Å². The van der Waals surface area contributed by atoms with Crippen LogP contribution in [-0.4, -0.2) is 28.5 Å². The Labute approximate surface area is 149 Å². The van der Waals surface area contributed by atoms with Gasteiger partial charge in [-0.15, -0.1) is 0 Å². The van der Waals surface area contributed by atoms with E-state index in [9.17, 15) is 4.79 Å². The largest absolute Gasteiger partial charge is 0.378 e. The number of rotatable bonds is 5. The highest BCUT2D eigenvalue weighted by Gasteiger charge is 2.32. The predicted octanol–water partition coefficient (Wildman–Crippen LogP) is 3.73. The van der Waals surface area contributed by atoms with Gasteiger partial charge in [0.25, 0.3) is 0 Å². The lowest BCUT2D eigenvalue weighted by Crippen LogP contribution is -2.42. The van der Waals surface area contributed by atoms with Crippen molar-refractivity contribution >= 4 is 5.91 Å². The van der Waals surface area contributed by atoms with Crippen molar-refractivity contribution in [3.8, 4) is 0 Å². The molecule has 1 fully saturated rings. The van der Waals surface area contributed by atoms with Gasteiger partial charge >= 0.3 is 0 Å². The van der Waals surface area contributed by atoms with E-state index >= 15 is 0 Å². The molecule has 4 nitrogen and oxygen atoms in total. The van der Waals surface area contributed by atoms with E-state index in [-0.39, 0.29) is 17.9 Å². The average molecular weight is 338 g/mol. The van der Waals surface area contributed by atoms with E-state index in [1.54, 1.807) is 6.20 Å². The Balaban J connectivity index is 1.83. The quantitative estimate of drug-likeness (QED) is 0.834. The summed E-state index contributed by atoms with van der Waals surface area (Å²) in [5.74, 6) is 0.119. The summed E-state index contributed by atoms with van der Waals surface area (Å²) in [6.45, 7) is 6.05. The Morgan fingerprint density at radius 3 is 2.80 bits per heavy atom. The normalized spacial score (nSPS) is 20.2. The van der Waals surface area contributed by atoms with Crippen LogP contribution in [0, 0.1) is 12.8 Å². The Kier molecular flexibility index (Phi) is 5.82. The number of amides is 1. The lowest BCUT2D eigenvalue weighted by atomic mass is 9.93. The molecule has 0 saturated carbocycles. The van der Waals surface area contributed by atoms with Gasteiger partial charge in [-0.2, -0.15) is 0 Å². The number of hydrogen-bond acceptors (Lipinski definition) is 3. The maximum atomic E-state index is 13.3. The van der Waals surface area contributed by atoms with Gasteiger partial charge in [-0.3, -0.25) is 9.78 Å². The van der Waals surface area contributed by atoms with Crippen molar-refractivity contribution < 1.29 is 9.53 Å². The number of nitrogens with zero attached hydrogens (tertiary/aromatic N) is 2. The first-order valence-corrected chi connectivity index (χ1v) is 8.99. The Morgan fingerprint density at radius 2 is 2.08 bits per heavy atom. The minimum atomic E-state index is -0.0607. The van der Waals surface area contributed by atoms with Gasteiger partial charge in [-0.25, -0.2) is 0 Å². The SMILES string of the molecule is Cc1ccccc1CN(Cc1cccnc1)C(=O)C1CCCOC1C. The van der Waals surface area contributed by atoms with Crippen molar-refractivity contribution in [1.29, 1.82) is 0 Å². The highest BCUT2D eigenvalue weighted by molar-refractivity contribution is 5.79. The second-order valence-electron chi connectivity index (χ2n) is 6.81. The number of ether oxygens (including phenoxy) is 1. The zero-order valence-electron chi connectivity index (χ0n) is 15.0. The predicted molar refractivity (Wildman–Crippen MR) is 97.8 cm³/mol. The number of aromatic nitrogens is 1. The fourth-order valence-corrected chi connectivity index (χ4v) is 3.40. The molecule has 0 spiro atoms. The van der Waals surface area contributed by atoms with E-state index in [2.05, 4.69) is 24.0 Å². The topological polar surface area (TPSA) is 42.4 Å². The maximum absolute atomic E-state index is 13.3. The zero-order valence-corrected chi connectivity index (χ0v) is 15.0. The van der Waals surface area contributed by atoms with E-state index in [1.807, 2.05) is 42.3 Å². The second-order valence-corrected chi connectivity index (χ2v) is 6.81. The minimum absolute atomic E-state index is 0.0190. The Hall–Kier alpha value is -2.20. The van der Waals surface area contributed by atoms with Crippen molar-refractivity contribution in [1.82, 2.24) is 9.88 Å². The van der Waals surface area contributed by atoms with Crippen LogP contribution in [-0.2, 0) is 22.6 Å². The molecule has 0 N–H and O–H groups in total. The van der Waals surface area contributed by atoms with Gasteiger partial charge in [0.05, 0.1) is 12.0 Å². The molecule has 25 heavy (non-hydrogen) atoms. The van der Waals surface area contributed by atoms with Gasteiger partial charge in [0.2, 0.25) is 5.91 Å². The molecule has 2 atom stereocenters. The van der Waals surface area contributed by atoms with Crippen LogP contribution in [0.3, 0.4) is 0 Å². The number of carbonyl (C=O) groups excluding carboxylic acids is 1. The van der Waals surface area contributed by atoms with Crippen LogP contribution >= 0.6 is 0 Å². The molecule has 1 saturated heterocycles. The number of pyridine rings is 1. The molecular formula is C21H26N2O2. The Bertz CT molecular complexity index is 702. The third-order valence-corrected chi connectivity index (χ3v) is 4.95. The smallest absolute Gasteiger partial charge is 0.228 e. The molecule has 0 bridgehead atoms. The average Bonchev–Trinajstić information content (AvgIpc) is 2.64. The number of aryl methyl sites for hydroxylation is 1. The standard InChI is InChI=1S/C21H26N2O2/c1-16-7-3-4-9-19(16)15-23(14-18-8-5-11-22-13-18)21(24)20-10-6-12-25-17(20)2/h3-5,7-9,11,13,17,20H,6,10,12,14-15H2,1-2H3. The van der Waals surface area contributed by atoms with Gasteiger partial charge in [0, 0.05) is 32.1 Å². The van der Waals surface area contributed by atoms with Crippen LogP contribution in [0.25, 0.3) is 0 Å². The van der Waals surface area contributed by atoms with Crippen LogP contribution in [0.2, 0.25) is 0 Å². The first-order valence-electron chi connectivity index (χ1n) is 8.99. The fraction of sp³-hybridized carbons (Fsp3) is 0.429. The molecule has 0 aliphatic carbocycles. The molecule has 2 aromatic rings. The molecule has 1 aliphatic heterocycles. The second kappa shape index (κ2) is 8.26. The van der Waals surface area contributed by atoms with Gasteiger partial charge in [0.15, 0.2) is 0 Å². The molecule has 3 rings (SSSR count). The van der Waals surface area contributed by atoms with Gasteiger partial charge < -0.3 is 9.64 Å². The Morgan fingerprint density at radius 1 is 1.24 bits per heavy atom. The maximum Gasteiger partial charge on any atom is 0.228 e. The summed E-state index contributed by atoms with van der Waals surface area (Å²) in [6, 6.07) is 12.2. The minimum Gasteiger partial charge on any atom is -0.378 e. The third kappa shape index (κ3) is 4.45. The number of hydrogen-bond donors (Lipinski definition) is 0. The molecule has 4 heteroatoms. The van der Waals surface area contributed by atoms with Crippen molar-refractivity contribution in [2.75, 3.05) is 6.61 Å². The van der Waals surface area contributed by atoms with Crippen LogP contribution < -0.4 is 0 Å². The molecular weight excluding hydrogens is 312 g/mol. The van der Waals surface area contributed by atoms with Gasteiger partial charge in [0.1, 0.15) is 0 Å². The van der Waals surface area contributed by atoms with E-state index in [0.29, 0.717) is 13.1 Å². The number of benzene rings is 1. The summed E-state index contributed by atoms with van der Waals surface area (Å²) < 4.78 is 5.73. The third-order valence-electron chi connectivity index (χ3n) is 4.95. The highest BCUT2D eigenvalue weighted by Crippen LogP contribution is 2.25.